The summed E-state index contributed by atoms with van der Waals surface area (Å²) in [7, 11) is 5.68. The molecule has 3 aromatic carbocycles. The number of fused-ring (bicyclic) bond motifs is 1. The molecule has 0 aromatic heterocycles. The smallest absolute Gasteiger partial charge is 0.224 e. The van der Waals surface area contributed by atoms with E-state index in [9.17, 15) is 4.79 Å². The van der Waals surface area contributed by atoms with Gasteiger partial charge in [-0.15, -0.1) is 0 Å². The second kappa shape index (κ2) is 8.69. The van der Waals surface area contributed by atoms with Crippen LogP contribution in [-0.2, 0) is 11.2 Å². The van der Waals surface area contributed by atoms with Crippen molar-refractivity contribution >= 4 is 16.7 Å². The summed E-state index contributed by atoms with van der Waals surface area (Å²) in [6.45, 7) is 0.528. The van der Waals surface area contributed by atoms with Crippen molar-refractivity contribution < 1.29 is 9.53 Å². The second-order valence-corrected chi connectivity index (χ2v) is 6.88. The van der Waals surface area contributed by atoms with Crippen LogP contribution in [0.25, 0.3) is 10.8 Å². The minimum atomic E-state index is 0.0204. The number of hydrogen-bond donors (Lipinski definition) is 1. The Morgan fingerprint density at radius 1 is 1.00 bits per heavy atom. The van der Waals surface area contributed by atoms with E-state index in [0.717, 1.165) is 22.3 Å². The second-order valence-electron chi connectivity index (χ2n) is 6.88. The minimum absolute atomic E-state index is 0.0204. The van der Waals surface area contributed by atoms with Crippen LogP contribution in [-0.4, -0.2) is 38.6 Å². The number of carbonyl (C=O) groups excluding carboxylic acids is 1. The average molecular weight is 362 g/mol. The number of methoxy groups -OCH3 is 1. The van der Waals surface area contributed by atoms with Gasteiger partial charge in [0, 0.05) is 12.1 Å². The number of carbonyl (C=O) groups is 1. The molecule has 0 aliphatic rings. The van der Waals surface area contributed by atoms with E-state index in [1.165, 1.54) is 5.39 Å². The number of likely N-dealkylation sites (N-methyl/N-ethyl adjacent to an activating group) is 1. The standard InChI is InChI=1S/C23H26N2O2/c1-25(2)21(20-10-6-7-11-22(20)27-3)16-24-23(26)15-17-12-13-18-8-4-5-9-19(18)14-17/h4-14,21H,15-16H2,1-3H3,(H,24,26). The fourth-order valence-electron chi connectivity index (χ4n) is 3.32. The Morgan fingerprint density at radius 3 is 2.44 bits per heavy atom. The van der Waals surface area contributed by atoms with Crippen LogP contribution in [0.15, 0.2) is 66.7 Å². The van der Waals surface area contributed by atoms with E-state index in [2.05, 4.69) is 34.5 Å². The Labute approximate surface area is 160 Å². The number of nitrogens with zero attached hydrogens (tertiary/aromatic N) is 1. The van der Waals surface area contributed by atoms with Crippen LogP contribution in [0.4, 0.5) is 0 Å². The van der Waals surface area contributed by atoms with Gasteiger partial charge in [0.25, 0.3) is 0 Å². The Morgan fingerprint density at radius 2 is 1.70 bits per heavy atom. The Hall–Kier alpha value is -2.85. The van der Waals surface area contributed by atoms with Crippen molar-refractivity contribution in [3.63, 3.8) is 0 Å². The number of amides is 1. The van der Waals surface area contributed by atoms with Gasteiger partial charge in [-0.25, -0.2) is 0 Å². The van der Waals surface area contributed by atoms with Crippen LogP contribution in [0.1, 0.15) is 17.2 Å². The van der Waals surface area contributed by atoms with Crippen molar-refractivity contribution in [2.75, 3.05) is 27.7 Å². The molecule has 3 rings (SSSR count). The third-order valence-corrected chi connectivity index (χ3v) is 4.79. The molecule has 1 N–H and O–H groups in total. The topological polar surface area (TPSA) is 41.6 Å². The lowest BCUT2D eigenvalue weighted by Crippen LogP contribution is -2.35. The number of ether oxygens (including phenoxy) is 1. The van der Waals surface area contributed by atoms with Crippen molar-refractivity contribution in [1.29, 1.82) is 0 Å². The molecule has 0 spiro atoms. The highest BCUT2D eigenvalue weighted by atomic mass is 16.5. The van der Waals surface area contributed by atoms with Gasteiger partial charge in [-0.3, -0.25) is 4.79 Å². The summed E-state index contributed by atoms with van der Waals surface area (Å²) in [6, 6.07) is 22.3. The number of rotatable bonds is 7. The third kappa shape index (κ3) is 4.66. The van der Waals surface area contributed by atoms with E-state index >= 15 is 0 Å². The number of para-hydroxylation sites is 1. The lowest BCUT2D eigenvalue weighted by atomic mass is 10.0. The first-order valence-electron chi connectivity index (χ1n) is 9.12. The number of hydrogen-bond acceptors (Lipinski definition) is 3. The van der Waals surface area contributed by atoms with Gasteiger partial charge in [0.1, 0.15) is 5.75 Å². The molecule has 4 nitrogen and oxygen atoms in total. The molecule has 1 unspecified atom stereocenters. The Balaban J connectivity index is 1.67. The largest absolute Gasteiger partial charge is 0.496 e. The highest BCUT2D eigenvalue weighted by molar-refractivity contribution is 5.85. The molecule has 1 amide bonds. The first-order valence-corrected chi connectivity index (χ1v) is 9.12. The van der Waals surface area contributed by atoms with Crippen LogP contribution in [0, 0.1) is 0 Å². The summed E-state index contributed by atoms with van der Waals surface area (Å²) >= 11 is 0. The minimum Gasteiger partial charge on any atom is -0.496 e. The predicted octanol–water partition coefficient (Wildman–Crippen LogP) is 3.81. The van der Waals surface area contributed by atoms with Gasteiger partial charge in [-0.2, -0.15) is 0 Å². The SMILES string of the molecule is COc1ccccc1C(CNC(=O)Cc1ccc2ccccc2c1)N(C)C. The van der Waals surface area contributed by atoms with Gasteiger partial charge in [-0.05, 0) is 36.5 Å². The lowest BCUT2D eigenvalue weighted by molar-refractivity contribution is -0.120. The van der Waals surface area contributed by atoms with Crippen LogP contribution >= 0.6 is 0 Å². The quantitative estimate of drug-likeness (QED) is 0.695. The molecule has 0 heterocycles. The van der Waals surface area contributed by atoms with Gasteiger partial charge in [-0.1, -0.05) is 60.7 Å². The maximum Gasteiger partial charge on any atom is 0.224 e. The Bertz CT molecular complexity index is 921. The van der Waals surface area contributed by atoms with Gasteiger partial charge in [0.2, 0.25) is 5.91 Å². The summed E-state index contributed by atoms with van der Waals surface area (Å²) in [6.07, 6.45) is 0.372. The molecule has 0 aliphatic heterocycles. The summed E-state index contributed by atoms with van der Waals surface area (Å²) in [5, 5.41) is 5.42. The molecular weight excluding hydrogens is 336 g/mol. The summed E-state index contributed by atoms with van der Waals surface area (Å²) in [5.74, 6) is 0.854. The molecule has 0 aliphatic carbocycles. The molecule has 27 heavy (non-hydrogen) atoms. The average Bonchev–Trinajstić information content (AvgIpc) is 2.68. The number of benzene rings is 3. The van der Waals surface area contributed by atoms with Crippen molar-refractivity contribution in [1.82, 2.24) is 10.2 Å². The summed E-state index contributed by atoms with van der Waals surface area (Å²) in [5.41, 5.74) is 2.08. The molecule has 1 atom stereocenters. The monoisotopic (exact) mass is 362 g/mol. The first kappa shape index (κ1) is 18.9. The van der Waals surface area contributed by atoms with Crippen molar-refractivity contribution in [3.05, 3.63) is 77.9 Å². The van der Waals surface area contributed by atoms with Gasteiger partial charge >= 0.3 is 0 Å². The highest BCUT2D eigenvalue weighted by Crippen LogP contribution is 2.27. The van der Waals surface area contributed by atoms with Crippen LogP contribution in [0.2, 0.25) is 0 Å². The highest BCUT2D eigenvalue weighted by Gasteiger charge is 2.19. The summed E-state index contributed by atoms with van der Waals surface area (Å²) < 4.78 is 5.48. The zero-order valence-corrected chi connectivity index (χ0v) is 16.1. The van der Waals surface area contributed by atoms with Gasteiger partial charge < -0.3 is 15.0 Å². The fraction of sp³-hybridized carbons (Fsp3) is 0.261. The van der Waals surface area contributed by atoms with Crippen LogP contribution < -0.4 is 10.1 Å². The van der Waals surface area contributed by atoms with E-state index < -0.39 is 0 Å². The van der Waals surface area contributed by atoms with E-state index in [0.29, 0.717) is 13.0 Å². The zero-order chi connectivity index (χ0) is 19.2. The molecule has 0 radical (unpaired) electrons. The van der Waals surface area contributed by atoms with Crippen molar-refractivity contribution in [2.45, 2.75) is 12.5 Å². The Kier molecular flexibility index (Phi) is 6.09. The summed E-state index contributed by atoms with van der Waals surface area (Å²) in [4.78, 5) is 14.6. The van der Waals surface area contributed by atoms with Crippen molar-refractivity contribution in [2.24, 2.45) is 0 Å². The van der Waals surface area contributed by atoms with Crippen molar-refractivity contribution in [3.8, 4) is 5.75 Å². The van der Waals surface area contributed by atoms with Gasteiger partial charge in [0.15, 0.2) is 0 Å². The lowest BCUT2D eigenvalue weighted by Gasteiger charge is -2.26. The van der Waals surface area contributed by atoms with Gasteiger partial charge in [0.05, 0.1) is 19.6 Å². The van der Waals surface area contributed by atoms with E-state index in [1.807, 2.05) is 56.6 Å². The molecule has 3 aromatic rings. The van der Waals surface area contributed by atoms with E-state index in [-0.39, 0.29) is 11.9 Å². The van der Waals surface area contributed by atoms with Crippen LogP contribution in [0.3, 0.4) is 0 Å². The normalized spacial score (nSPS) is 12.1. The third-order valence-electron chi connectivity index (χ3n) is 4.79. The molecule has 4 heteroatoms. The fourth-order valence-corrected chi connectivity index (χ4v) is 3.32. The molecule has 0 fully saturated rings. The molecule has 0 saturated carbocycles. The van der Waals surface area contributed by atoms with E-state index in [1.54, 1.807) is 7.11 Å². The zero-order valence-electron chi connectivity index (χ0n) is 16.1. The molecule has 140 valence electrons. The van der Waals surface area contributed by atoms with E-state index in [4.69, 9.17) is 4.74 Å². The first-order chi connectivity index (χ1) is 13.1. The maximum atomic E-state index is 12.5. The van der Waals surface area contributed by atoms with Crippen LogP contribution in [0.5, 0.6) is 5.75 Å². The maximum absolute atomic E-state index is 12.5. The molecule has 0 saturated heterocycles. The number of nitrogens with one attached hydrogen (secondary N) is 1. The molecule has 0 bridgehead atoms. The molecular formula is C23H26N2O2. The predicted molar refractivity (Wildman–Crippen MR) is 110 cm³/mol.